The van der Waals surface area contributed by atoms with Gasteiger partial charge in [0.15, 0.2) is 0 Å². The van der Waals surface area contributed by atoms with Crippen molar-refractivity contribution in [3.05, 3.63) is 0 Å². The lowest BCUT2D eigenvalue weighted by Gasteiger charge is -2.59. The molecular formula is C23H36F2O2. The summed E-state index contributed by atoms with van der Waals surface area (Å²) in [5.41, 5.74) is -1.26. The van der Waals surface area contributed by atoms with Crippen molar-refractivity contribution in [1.29, 1.82) is 0 Å². The molecule has 0 spiro atoms. The van der Waals surface area contributed by atoms with Gasteiger partial charge < -0.3 is 9.84 Å². The number of rotatable bonds is 2. The van der Waals surface area contributed by atoms with Crippen molar-refractivity contribution in [3.63, 3.8) is 0 Å². The van der Waals surface area contributed by atoms with E-state index in [1.165, 1.54) is 25.7 Å². The van der Waals surface area contributed by atoms with E-state index < -0.39 is 17.4 Å². The molecule has 5 aliphatic rings. The van der Waals surface area contributed by atoms with Gasteiger partial charge in [-0.05, 0) is 106 Å². The average molecular weight is 383 g/mol. The lowest BCUT2D eigenvalue weighted by molar-refractivity contribution is -0.238. The molecule has 1 aliphatic heterocycles. The van der Waals surface area contributed by atoms with Gasteiger partial charge in [-0.25, -0.2) is 8.78 Å². The topological polar surface area (TPSA) is 29.5 Å². The highest BCUT2D eigenvalue weighted by molar-refractivity contribution is 5.12. The smallest absolute Gasteiger partial charge is 0.248 e. The van der Waals surface area contributed by atoms with Crippen molar-refractivity contribution < 1.29 is 18.6 Å². The second-order valence-electron chi connectivity index (χ2n) is 11.4. The third-order valence-electron chi connectivity index (χ3n) is 10.1. The van der Waals surface area contributed by atoms with Gasteiger partial charge in [0.05, 0.1) is 24.2 Å². The van der Waals surface area contributed by atoms with Crippen LogP contribution in [0.5, 0.6) is 0 Å². The van der Waals surface area contributed by atoms with E-state index >= 15 is 0 Å². The molecule has 2 nitrogen and oxygen atoms in total. The van der Waals surface area contributed by atoms with Crippen LogP contribution in [0.1, 0.15) is 71.6 Å². The van der Waals surface area contributed by atoms with Crippen molar-refractivity contribution in [1.82, 2.24) is 0 Å². The highest BCUT2D eigenvalue weighted by Crippen LogP contribution is 2.68. The molecular weight excluding hydrogens is 346 g/mol. The van der Waals surface area contributed by atoms with E-state index in [-0.39, 0.29) is 24.5 Å². The van der Waals surface area contributed by atoms with Crippen molar-refractivity contribution in [2.45, 2.75) is 83.7 Å². The van der Waals surface area contributed by atoms with Gasteiger partial charge in [-0.15, -0.1) is 0 Å². The Morgan fingerprint density at radius 1 is 0.889 bits per heavy atom. The van der Waals surface area contributed by atoms with Crippen LogP contribution in [0.2, 0.25) is 0 Å². The van der Waals surface area contributed by atoms with Crippen LogP contribution in [0.4, 0.5) is 8.78 Å². The molecule has 1 unspecified atom stereocenters. The van der Waals surface area contributed by atoms with Crippen LogP contribution in [0, 0.1) is 46.3 Å². The van der Waals surface area contributed by atoms with Crippen molar-refractivity contribution in [2.24, 2.45) is 46.3 Å². The molecule has 0 bridgehead atoms. The first kappa shape index (κ1) is 18.8. The van der Waals surface area contributed by atoms with E-state index in [9.17, 15) is 13.9 Å². The van der Waals surface area contributed by atoms with Crippen LogP contribution in [-0.4, -0.2) is 30.3 Å². The van der Waals surface area contributed by atoms with E-state index in [2.05, 4.69) is 6.92 Å². The summed E-state index contributed by atoms with van der Waals surface area (Å²) >= 11 is 0. The number of hydrogen-bond donors (Lipinski definition) is 1. The number of ether oxygens (including phenoxy) is 1. The van der Waals surface area contributed by atoms with E-state index in [0.29, 0.717) is 11.8 Å². The molecule has 1 saturated heterocycles. The van der Waals surface area contributed by atoms with Gasteiger partial charge in [-0.3, -0.25) is 0 Å². The number of aliphatic hydroxyl groups is 1. The summed E-state index contributed by atoms with van der Waals surface area (Å²) in [6.45, 7) is 4.90. The molecule has 1 N–H and O–H groups in total. The Labute approximate surface area is 162 Å². The number of hydrogen-bond acceptors (Lipinski definition) is 2. The van der Waals surface area contributed by atoms with Crippen LogP contribution in [0.3, 0.4) is 0 Å². The van der Waals surface area contributed by atoms with Gasteiger partial charge in [0.25, 0.3) is 0 Å². The third-order valence-corrected chi connectivity index (χ3v) is 10.1. The maximum atomic E-state index is 14.0. The molecule has 0 aromatic rings. The Morgan fingerprint density at radius 2 is 1.63 bits per heavy atom. The lowest BCUT2D eigenvalue weighted by Crippen LogP contribution is -2.59. The third kappa shape index (κ3) is 2.61. The van der Waals surface area contributed by atoms with Crippen LogP contribution in [0.25, 0.3) is 0 Å². The van der Waals surface area contributed by atoms with Gasteiger partial charge in [0.1, 0.15) is 0 Å². The molecule has 0 amide bonds. The zero-order valence-electron chi connectivity index (χ0n) is 16.9. The standard InChI is InChI=1S/C23H36F2O2/c1-21(26)9-7-15-14(11-21)3-4-17-16(15)8-10-22(2)18(17)5-6-19(22)23(20(24)25)12-27-13-23/h14-20,26H,3-13H2,1-2H3/t14-,15+,16-,17?,18+,19+,21-,22+/m1/s1. The Morgan fingerprint density at radius 3 is 2.30 bits per heavy atom. The molecule has 5 fully saturated rings. The SMILES string of the molecule is C[C@@]1(O)CC[C@H]2[C@H](CCC3[C@@H]2CC[C@]2(C)[C@@H](C4(C(F)F)COC4)CC[C@@H]32)C1. The normalized spacial score (nSPS) is 54.0. The van der Waals surface area contributed by atoms with Crippen molar-refractivity contribution >= 4 is 0 Å². The van der Waals surface area contributed by atoms with E-state index in [1.54, 1.807) is 0 Å². The van der Waals surface area contributed by atoms with Gasteiger partial charge in [-0.2, -0.15) is 0 Å². The Hall–Kier alpha value is -0.220. The van der Waals surface area contributed by atoms with Crippen LogP contribution in [-0.2, 0) is 4.74 Å². The maximum Gasteiger partial charge on any atom is 0.248 e. The summed E-state index contributed by atoms with van der Waals surface area (Å²) in [4.78, 5) is 0. The highest BCUT2D eigenvalue weighted by atomic mass is 19.3. The molecule has 5 rings (SSSR count). The zero-order chi connectivity index (χ0) is 19.0. The molecule has 4 aliphatic carbocycles. The summed E-state index contributed by atoms with van der Waals surface area (Å²) in [6.07, 6.45) is 7.78. The predicted octanol–water partition coefficient (Wildman–Crippen LogP) is 5.29. The second-order valence-corrected chi connectivity index (χ2v) is 11.4. The molecule has 4 heteroatoms. The summed E-state index contributed by atoms with van der Waals surface area (Å²) in [7, 11) is 0. The fraction of sp³-hybridized carbons (Fsp3) is 1.00. The quantitative estimate of drug-likeness (QED) is 0.703. The molecule has 4 saturated carbocycles. The average Bonchev–Trinajstić information content (AvgIpc) is 2.90. The zero-order valence-corrected chi connectivity index (χ0v) is 16.9. The molecule has 1 heterocycles. The summed E-state index contributed by atoms with van der Waals surface area (Å²) in [5, 5.41) is 10.5. The van der Waals surface area contributed by atoms with E-state index in [4.69, 9.17) is 4.74 Å². The maximum absolute atomic E-state index is 14.0. The van der Waals surface area contributed by atoms with Gasteiger partial charge >= 0.3 is 0 Å². The van der Waals surface area contributed by atoms with E-state index in [1.807, 2.05) is 6.92 Å². The monoisotopic (exact) mass is 382 g/mol. The predicted molar refractivity (Wildman–Crippen MR) is 100 cm³/mol. The molecule has 0 radical (unpaired) electrons. The summed E-state index contributed by atoms with van der Waals surface area (Å²) < 4.78 is 33.4. The highest BCUT2D eigenvalue weighted by Gasteiger charge is 2.65. The largest absolute Gasteiger partial charge is 0.390 e. The molecule has 27 heavy (non-hydrogen) atoms. The van der Waals surface area contributed by atoms with Gasteiger partial charge in [-0.1, -0.05) is 6.92 Å². The first-order valence-electron chi connectivity index (χ1n) is 11.4. The molecule has 154 valence electrons. The fourth-order valence-electron chi connectivity index (χ4n) is 8.84. The van der Waals surface area contributed by atoms with Crippen molar-refractivity contribution in [2.75, 3.05) is 13.2 Å². The van der Waals surface area contributed by atoms with Gasteiger partial charge in [0, 0.05) is 0 Å². The Balaban J connectivity index is 1.38. The number of halogens is 2. The van der Waals surface area contributed by atoms with Crippen molar-refractivity contribution in [3.8, 4) is 0 Å². The molecule has 0 aromatic heterocycles. The Kier molecular flexibility index (Phi) is 4.27. The number of fused-ring (bicyclic) bond motifs is 5. The van der Waals surface area contributed by atoms with Crippen LogP contribution < -0.4 is 0 Å². The lowest BCUT2D eigenvalue weighted by atomic mass is 9.47. The van der Waals surface area contributed by atoms with Crippen LogP contribution >= 0.6 is 0 Å². The molecule has 8 atom stereocenters. The Bertz CT molecular complexity index is 587. The minimum Gasteiger partial charge on any atom is -0.390 e. The number of alkyl halides is 2. The second kappa shape index (κ2) is 6.14. The van der Waals surface area contributed by atoms with E-state index in [0.717, 1.165) is 49.9 Å². The first-order valence-corrected chi connectivity index (χ1v) is 11.4. The molecule has 0 aromatic carbocycles. The van der Waals surface area contributed by atoms with Crippen LogP contribution in [0.15, 0.2) is 0 Å². The minimum absolute atomic E-state index is 0.0778. The fourth-order valence-corrected chi connectivity index (χ4v) is 8.84. The van der Waals surface area contributed by atoms with Gasteiger partial charge in [0.2, 0.25) is 6.43 Å². The minimum atomic E-state index is -2.25. The summed E-state index contributed by atoms with van der Waals surface area (Å²) in [6, 6.07) is 0. The summed E-state index contributed by atoms with van der Waals surface area (Å²) in [5.74, 6) is 3.72. The first-order chi connectivity index (χ1) is 12.8.